The highest BCUT2D eigenvalue weighted by Crippen LogP contribution is 2.44. The van der Waals surface area contributed by atoms with E-state index >= 15 is 0 Å². The van der Waals surface area contributed by atoms with Crippen molar-refractivity contribution in [3.63, 3.8) is 0 Å². The lowest BCUT2D eigenvalue weighted by Crippen LogP contribution is -2.22. The van der Waals surface area contributed by atoms with Crippen LogP contribution in [0.3, 0.4) is 0 Å². The van der Waals surface area contributed by atoms with Gasteiger partial charge in [-0.3, -0.25) is 0 Å². The van der Waals surface area contributed by atoms with Gasteiger partial charge in [-0.15, -0.1) is 0 Å². The van der Waals surface area contributed by atoms with Crippen LogP contribution in [0.1, 0.15) is 102 Å². The lowest BCUT2D eigenvalue weighted by atomic mass is 9.75. The molecule has 1 aromatic carbocycles. The molecule has 0 N–H and O–H groups in total. The van der Waals surface area contributed by atoms with Crippen molar-refractivity contribution in [2.45, 2.75) is 97.3 Å². The van der Waals surface area contributed by atoms with E-state index in [2.05, 4.69) is 26.0 Å². The van der Waals surface area contributed by atoms with Crippen LogP contribution >= 0.6 is 0 Å². The molecule has 0 bridgehead atoms. The van der Waals surface area contributed by atoms with E-state index in [1.807, 2.05) is 12.2 Å². The average Bonchev–Trinajstić information content (AvgIpc) is 2.92. The van der Waals surface area contributed by atoms with Crippen molar-refractivity contribution in [1.82, 2.24) is 0 Å². The van der Waals surface area contributed by atoms with Crippen LogP contribution in [0.2, 0.25) is 0 Å². The Kier molecular flexibility index (Phi) is 9.90. The van der Waals surface area contributed by atoms with E-state index in [0.717, 1.165) is 56.1 Å². The maximum atomic E-state index is 15.0. The molecule has 0 radical (unpaired) electrons. The van der Waals surface area contributed by atoms with Crippen LogP contribution in [-0.2, 0) is 6.42 Å². The second-order valence-corrected chi connectivity index (χ2v) is 11.3. The zero-order valence-corrected chi connectivity index (χ0v) is 22.5. The molecule has 0 fully saturated rings. The van der Waals surface area contributed by atoms with Gasteiger partial charge in [-0.2, -0.15) is 0 Å². The molecule has 4 heteroatoms. The predicted molar refractivity (Wildman–Crippen MR) is 145 cm³/mol. The summed E-state index contributed by atoms with van der Waals surface area (Å²) in [5.41, 5.74) is 2.76. The van der Waals surface area contributed by atoms with Crippen LogP contribution < -0.4 is 0 Å². The average molecular weight is 515 g/mol. The van der Waals surface area contributed by atoms with Gasteiger partial charge in [0.25, 0.3) is 0 Å². The summed E-state index contributed by atoms with van der Waals surface area (Å²) in [4.78, 5) is 0. The van der Waals surface area contributed by atoms with Gasteiger partial charge in [-0.1, -0.05) is 81.5 Å². The quantitative estimate of drug-likeness (QED) is 0.272. The van der Waals surface area contributed by atoms with Crippen LogP contribution in [0.15, 0.2) is 53.7 Å². The fraction of sp³-hybridized carbons (Fsp3) is 0.576. The summed E-state index contributed by atoms with van der Waals surface area (Å²) < 4.78 is 59.4. The van der Waals surface area contributed by atoms with Gasteiger partial charge in [-0.05, 0) is 80.8 Å². The van der Waals surface area contributed by atoms with Crippen molar-refractivity contribution in [2.75, 3.05) is 0 Å². The molecule has 1 aromatic rings. The maximum absolute atomic E-state index is 15.0. The monoisotopic (exact) mass is 514 g/mol. The van der Waals surface area contributed by atoms with Gasteiger partial charge in [0.15, 0.2) is 11.6 Å². The molecular formula is C33H42F4. The third kappa shape index (κ3) is 6.67. The van der Waals surface area contributed by atoms with Crippen LogP contribution in [0.5, 0.6) is 0 Å². The van der Waals surface area contributed by atoms with E-state index in [0.29, 0.717) is 49.1 Å². The lowest BCUT2D eigenvalue weighted by Gasteiger charge is -2.31. The van der Waals surface area contributed by atoms with Crippen molar-refractivity contribution in [3.05, 3.63) is 76.4 Å². The Morgan fingerprint density at radius 3 is 2.32 bits per heavy atom. The van der Waals surface area contributed by atoms with Gasteiger partial charge in [0, 0.05) is 17.4 Å². The minimum absolute atomic E-state index is 0.0456. The van der Waals surface area contributed by atoms with Gasteiger partial charge in [-0.25, -0.2) is 17.6 Å². The number of unbranched alkanes of at least 4 members (excludes halogenated alkanes) is 1. The van der Waals surface area contributed by atoms with Crippen molar-refractivity contribution >= 4 is 5.57 Å². The summed E-state index contributed by atoms with van der Waals surface area (Å²) in [5.74, 6) is -2.59. The first-order valence-electron chi connectivity index (χ1n) is 14.5. The number of benzene rings is 1. The van der Waals surface area contributed by atoms with E-state index in [1.54, 1.807) is 12.1 Å². The number of allylic oxidation sites excluding steroid dienone is 8. The molecule has 3 aliphatic carbocycles. The van der Waals surface area contributed by atoms with Crippen LogP contribution in [-0.4, -0.2) is 0 Å². The summed E-state index contributed by atoms with van der Waals surface area (Å²) in [6.45, 7) is 4.25. The van der Waals surface area contributed by atoms with Crippen molar-refractivity contribution in [2.24, 2.45) is 23.7 Å². The number of halogens is 4. The molecule has 0 heterocycles. The van der Waals surface area contributed by atoms with Crippen LogP contribution in [0, 0.1) is 35.3 Å². The molecule has 0 aliphatic heterocycles. The first-order chi connectivity index (χ1) is 17.9. The Bertz CT molecular complexity index is 1060. The molecular weight excluding hydrogens is 472 g/mol. The first-order valence-corrected chi connectivity index (χ1v) is 14.5. The first kappa shape index (κ1) is 27.9. The molecule has 4 rings (SSSR count). The summed E-state index contributed by atoms with van der Waals surface area (Å²) in [6.07, 6.45) is 18.9. The molecule has 0 saturated carbocycles. The molecule has 0 amide bonds. The van der Waals surface area contributed by atoms with E-state index in [4.69, 9.17) is 0 Å². The van der Waals surface area contributed by atoms with Gasteiger partial charge in [0.05, 0.1) is 0 Å². The standard InChI is InChI=1S/C33H42F4/c1-3-5-7-26-18-20-28(32(36)30(26)34)25-15-10-23(11-16-25)12-17-27-19-21-29(33(37)31(27)35)24-13-8-22(6-4-2)9-14-24/h10-11,13,15,19,21-22,25-26,28H,3-9,12,14,16-18,20H2,1-2H3. The molecule has 37 heavy (non-hydrogen) atoms. The molecule has 0 aromatic heterocycles. The zero-order chi connectivity index (χ0) is 26.4. The van der Waals surface area contributed by atoms with Gasteiger partial charge in [0.2, 0.25) is 0 Å². The normalized spacial score (nSPS) is 26.3. The number of hydrogen-bond donors (Lipinski definition) is 0. The summed E-state index contributed by atoms with van der Waals surface area (Å²) >= 11 is 0. The van der Waals surface area contributed by atoms with Crippen molar-refractivity contribution in [1.29, 1.82) is 0 Å². The highest BCUT2D eigenvalue weighted by atomic mass is 19.2. The molecule has 4 unspecified atom stereocenters. The Labute approximate surface area is 220 Å². The summed E-state index contributed by atoms with van der Waals surface area (Å²) in [6, 6.07) is 3.46. The van der Waals surface area contributed by atoms with Crippen molar-refractivity contribution < 1.29 is 17.6 Å². The highest BCUT2D eigenvalue weighted by molar-refractivity contribution is 5.67. The fourth-order valence-electron chi connectivity index (χ4n) is 6.41. The Balaban J connectivity index is 1.33. The van der Waals surface area contributed by atoms with Crippen LogP contribution in [0.4, 0.5) is 17.6 Å². The molecule has 0 spiro atoms. The molecule has 3 aliphatic rings. The van der Waals surface area contributed by atoms with E-state index in [1.165, 1.54) is 6.42 Å². The fourth-order valence-corrected chi connectivity index (χ4v) is 6.41. The largest absolute Gasteiger partial charge is 0.209 e. The predicted octanol–water partition coefficient (Wildman–Crippen LogP) is 10.8. The molecule has 202 valence electrons. The van der Waals surface area contributed by atoms with Crippen LogP contribution in [0.25, 0.3) is 5.57 Å². The number of aryl methyl sites for hydroxylation is 1. The number of rotatable bonds is 10. The minimum Gasteiger partial charge on any atom is -0.209 e. The Morgan fingerprint density at radius 1 is 0.811 bits per heavy atom. The van der Waals surface area contributed by atoms with E-state index in [-0.39, 0.29) is 11.8 Å². The van der Waals surface area contributed by atoms with E-state index < -0.39 is 29.2 Å². The zero-order valence-electron chi connectivity index (χ0n) is 22.5. The minimum atomic E-state index is -0.741. The van der Waals surface area contributed by atoms with Crippen molar-refractivity contribution in [3.8, 4) is 0 Å². The lowest BCUT2D eigenvalue weighted by molar-refractivity contribution is 0.247. The van der Waals surface area contributed by atoms with Gasteiger partial charge >= 0.3 is 0 Å². The second-order valence-electron chi connectivity index (χ2n) is 11.3. The molecule has 0 saturated heterocycles. The Hall–Kier alpha value is -2.10. The third-order valence-corrected chi connectivity index (χ3v) is 8.78. The maximum Gasteiger partial charge on any atom is 0.166 e. The number of hydrogen-bond acceptors (Lipinski definition) is 0. The molecule has 4 atom stereocenters. The Morgan fingerprint density at radius 2 is 1.65 bits per heavy atom. The topological polar surface area (TPSA) is 0 Å². The van der Waals surface area contributed by atoms with E-state index in [9.17, 15) is 17.6 Å². The second kappa shape index (κ2) is 13.1. The SMILES string of the molecule is CCCCC1CCC(C2C=CC(CCc3ccc(C4=CCC(CCC)CC4)c(F)c3F)=CC2)C(F)=C1F. The smallest absolute Gasteiger partial charge is 0.166 e. The van der Waals surface area contributed by atoms with Gasteiger partial charge < -0.3 is 0 Å². The summed E-state index contributed by atoms with van der Waals surface area (Å²) in [7, 11) is 0. The summed E-state index contributed by atoms with van der Waals surface area (Å²) in [5, 5.41) is 0. The third-order valence-electron chi connectivity index (χ3n) is 8.78. The highest BCUT2D eigenvalue weighted by Gasteiger charge is 2.34. The van der Waals surface area contributed by atoms with Gasteiger partial charge in [0.1, 0.15) is 11.7 Å². The molecule has 0 nitrogen and oxygen atoms in total.